The van der Waals surface area contributed by atoms with Crippen molar-refractivity contribution in [1.29, 1.82) is 0 Å². The molecular formula is C18H23ClN2. The molecule has 2 nitrogen and oxygen atoms in total. The smallest absolute Gasteiger partial charge is 0.0473 e. The molecule has 2 aromatic carbocycles. The number of hydrogen-bond acceptors (Lipinski definition) is 2. The summed E-state index contributed by atoms with van der Waals surface area (Å²) in [4.78, 5) is 2.30. The van der Waals surface area contributed by atoms with Gasteiger partial charge in [-0.1, -0.05) is 41.9 Å². The van der Waals surface area contributed by atoms with Crippen LogP contribution in [0.25, 0.3) is 0 Å². The third kappa shape index (κ3) is 3.85. The van der Waals surface area contributed by atoms with Gasteiger partial charge in [0.1, 0.15) is 0 Å². The van der Waals surface area contributed by atoms with E-state index in [0.717, 1.165) is 11.6 Å². The minimum absolute atomic E-state index is 0.196. The van der Waals surface area contributed by atoms with Crippen LogP contribution in [-0.4, -0.2) is 18.5 Å². The Bertz CT molecular complexity index is 610. The first-order chi connectivity index (χ1) is 10.0. The molecule has 0 amide bonds. The van der Waals surface area contributed by atoms with Gasteiger partial charge in [-0.15, -0.1) is 0 Å². The fourth-order valence-corrected chi connectivity index (χ4v) is 2.95. The highest BCUT2D eigenvalue weighted by Crippen LogP contribution is 2.26. The third-order valence-electron chi connectivity index (χ3n) is 4.03. The Kier molecular flexibility index (Phi) is 5.40. The van der Waals surface area contributed by atoms with Crippen molar-refractivity contribution in [3.63, 3.8) is 0 Å². The number of benzene rings is 2. The van der Waals surface area contributed by atoms with Crippen LogP contribution < -0.4 is 5.73 Å². The minimum Gasteiger partial charge on any atom is -0.329 e. The highest BCUT2D eigenvalue weighted by atomic mass is 35.5. The summed E-state index contributed by atoms with van der Waals surface area (Å²) in [5.41, 5.74) is 11.1. The van der Waals surface area contributed by atoms with Crippen LogP contribution in [0.3, 0.4) is 0 Å². The highest BCUT2D eigenvalue weighted by molar-refractivity contribution is 6.30. The van der Waals surface area contributed by atoms with E-state index in [1.807, 2.05) is 12.1 Å². The molecule has 0 fully saturated rings. The Labute approximate surface area is 132 Å². The standard InChI is InChI=1S/C18H23ClN2/c1-13-6-4-5-7-15(13)12-21(3)18(11-20)17-9-8-16(19)10-14(17)2/h4-10,18H,11-12,20H2,1-3H3. The zero-order chi connectivity index (χ0) is 15.4. The van der Waals surface area contributed by atoms with Crippen LogP contribution in [0.15, 0.2) is 42.5 Å². The van der Waals surface area contributed by atoms with Gasteiger partial charge in [-0.2, -0.15) is 0 Å². The maximum atomic E-state index is 6.05. The molecule has 1 atom stereocenters. The van der Waals surface area contributed by atoms with Gasteiger partial charge in [-0.05, 0) is 55.3 Å². The molecule has 0 saturated carbocycles. The van der Waals surface area contributed by atoms with Crippen LogP contribution in [0.1, 0.15) is 28.3 Å². The predicted molar refractivity (Wildman–Crippen MR) is 90.6 cm³/mol. The van der Waals surface area contributed by atoms with Crippen LogP contribution >= 0.6 is 11.6 Å². The number of likely N-dealkylation sites (N-methyl/N-ethyl adjacent to an activating group) is 1. The molecule has 0 saturated heterocycles. The van der Waals surface area contributed by atoms with Crippen LogP contribution in [0.5, 0.6) is 0 Å². The van der Waals surface area contributed by atoms with Crippen LogP contribution in [0.4, 0.5) is 0 Å². The van der Waals surface area contributed by atoms with E-state index in [0.29, 0.717) is 6.54 Å². The topological polar surface area (TPSA) is 29.3 Å². The summed E-state index contributed by atoms with van der Waals surface area (Å²) in [7, 11) is 2.12. The monoisotopic (exact) mass is 302 g/mol. The highest BCUT2D eigenvalue weighted by Gasteiger charge is 2.18. The second kappa shape index (κ2) is 7.08. The molecule has 3 heteroatoms. The molecular weight excluding hydrogens is 280 g/mol. The molecule has 0 spiro atoms. The first-order valence-corrected chi connectivity index (χ1v) is 7.61. The zero-order valence-corrected chi connectivity index (χ0v) is 13.7. The van der Waals surface area contributed by atoms with Crippen molar-refractivity contribution in [3.05, 3.63) is 69.7 Å². The lowest BCUT2D eigenvalue weighted by Crippen LogP contribution is -2.31. The Hall–Kier alpha value is -1.35. The number of nitrogens with zero attached hydrogens (tertiary/aromatic N) is 1. The summed E-state index contributed by atoms with van der Waals surface area (Å²) in [6, 6.07) is 14.7. The van der Waals surface area contributed by atoms with Gasteiger partial charge < -0.3 is 5.73 Å². The molecule has 0 heterocycles. The fourth-order valence-electron chi connectivity index (χ4n) is 2.72. The largest absolute Gasteiger partial charge is 0.329 e. The van der Waals surface area contributed by atoms with Crippen molar-refractivity contribution >= 4 is 11.6 Å². The Balaban J connectivity index is 2.22. The van der Waals surface area contributed by atoms with Gasteiger partial charge in [0.2, 0.25) is 0 Å². The van der Waals surface area contributed by atoms with E-state index in [9.17, 15) is 0 Å². The lowest BCUT2D eigenvalue weighted by molar-refractivity contribution is 0.240. The van der Waals surface area contributed by atoms with Gasteiger partial charge in [-0.3, -0.25) is 4.90 Å². The van der Waals surface area contributed by atoms with E-state index in [4.69, 9.17) is 17.3 Å². The first kappa shape index (κ1) is 16.0. The molecule has 0 aliphatic heterocycles. The summed E-state index contributed by atoms with van der Waals surface area (Å²) in [6.07, 6.45) is 0. The van der Waals surface area contributed by atoms with E-state index in [1.54, 1.807) is 0 Å². The molecule has 0 aliphatic carbocycles. The van der Waals surface area contributed by atoms with Crippen molar-refractivity contribution in [2.75, 3.05) is 13.6 Å². The van der Waals surface area contributed by atoms with E-state index >= 15 is 0 Å². The van der Waals surface area contributed by atoms with E-state index in [-0.39, 0.29) is 6.04 Å². The van der Waals surface area contributed by atoms with Crippen molar-refractivity contribution in [3.8, 4) is 0 Å². The molecule has 0 aromatic heterocycles. The zero-order valence-electron chi connectivity index (χ0n) is 12.9. The predicted octanol–water partition coefficient (Wildman–Crippen LogP) is 4.09. The lowest BCUT2D eigenvalue weighted by atomic mass is 9.99. The van der Waals surface area contributed by atoms with Gasteiger partial charge in [0.15, 0.2) is 0 Å². The Morgan fingerprint density at radius 1 is 1.10 bits per heavy atom. The summed E-state index contributed by atoms with van der Waals surface area (Å²) < 4.78 is 0. The van der Waals surface area contributed by atoms with Crippen LogP contribution in [0, 0.1) is 13.8 Å². The van der Waals surface area contributed by atoms with Crippen molar-refractivity contribution in [1.82, 2.24) is 4.90 Å². The number of rotatable bonds is 5. The average Bonchev–Trinajstić information content (AvgIpc) is 2.44. The van der Waals surface area contributed by atoms with Gasteiger partial charge >= 0.3 is 0 Å². The summed E-state index contributed by atoms with van der Waals surface area (Å²) in [5.74, 6) is 0. The van der Waals surface area contributed by atoms with E-state index in [1.165, 1.54) is 22.3 Å². The van der Waals surface area contributed by atoms with Crippen molar-refractivity contribution < 1.29 is 0 Å². The second-order valence-corrected chi connectivity index (χ2v) is 6.03. The van der Waals surface area contributed by atoms with Gasteiger partial charge in [0.25, 0.3) is 0 Å². The third-order valence-corrected chi connectivity index (χ3v) is 4.26. The molecule has 0 bridgehead atoms. The average molecular weight is 303 g/mol. The number of halogens is 1. The Morgan fingerprint density at radius 2 is 1.81 bits per heavy atom. The molecule has 1 unspecified atom stereocenters. The molecule has 2 rings (SSSR count). The summed E-state index contributed by atoms with van der Waals surface area (Å²) in [6.45, 7) is 5.71. The SMILES string of the molecule is Cc1ccccc1CN(C)C(CN)c1ccc(Cl)cc1C. The lowest BCUT2D eigenvalue weighted by Gasteiger charge is -2.29. The van der Waals surface area contributed by atoms with Crippen LogP contribution in [0.2, 0.25) is 5.02 Å². The summed E-state index contributed by atoms with van der Waals surface area (Å²) in [5, 5.41) is 0.772. The second-order valence-electron chi connectivity index (χ2n) is 5.59. The van der Waals surface area contributed by atoms with E-state index in [2.05, 4.69) is 56.1 Å². The number of hydrogen-bond donors (Lipinski definition) is 1. The van der Waals surface area contributed by atoms with Crippen LogP contribution in [-0.2, 0) is 6.54 Å². The number of aryl methyl sites for hydroxylation is 2. The normalized spacial score (nSPS) is 12.7. The van der Waals surface area contributed by atoms with E-state index < -0.39 is 0 Å². The molecule has 112 valence electrons. The molecule has 2 N–H and O–H groups in total. The van der Waals surface area contributed by atoms with Gasteiger partial charge in [-0.25, -0.2) is 0 Å². The molecule has 21 heavy (non-hydrogen) atoms. The summed E-state index contributed by atoms with van der Waals surface area (Å²) >= 11 is 6.05. The molecule has 0 aliphatic rings. The maximum absolute atomic E-state index is 6.05. The van der Waals surface area contributed by atoms with Gasteiger partial charge in [0.05, 0.1) is 0 Å². The molecule has 0 radical (unpaired) electrons. The van der Waals surface area contributed by atoms with Crippen molar-refractivity contribution in [2.24, 2.45) is 5.73 Å². The minimum atomic E-state index is 0.196. The number of nitrogens with two attached hydrogens (primary N) is 1. The quantitative estimate of drug-likeness (QED) is 0.901. The Morgan fingerprint density at radius 3 is 2.43 bits per heavy atom. The van der Waals surface area contributed by atoms with Crippen molar-refractivity contribution in [2.45, 2.75) is 26.4 Å². The first-order valence-electron chi connectivity index (χ1n) is 7.23. The maximum Gasteiger partial charge on any atom is 0.0473 e. The molecule has 2 aromatic rings. The fraction of sp³-hybridized carbons (Fsp3) is 0.333. The van der Waals surface area contributed by atoms with Gasteiger partial charge in [0, 0.05) is 24.2 Å².